The molecule has 3 aliphatic rings. The molecule has 6 nitrogen and oxygen atoms in total. The molecule has 0 atom stereocenters. The first-order valence-corrected chi connectivity index (χ1v) is 10.9. The van der Waals surface area contributed by atoms with Gasteiger partial charge < -0.3 is 19.4 Å². The van der Waals surface area contributed by atoms with Gasteiger partial charge in [-0.2, -0.15) is 0 Å². The van der Waals surface area contributed by atoms with Gasteiger partial charge in [0.25, 0.3) is 0 Å². The molecule has 0 bridgehead atoms. The quantitative estimate of drug-likeness (QED) is 0.702. The lowest BCUT2D eigenvalue weighted by Gasteiger charge is -2.45. The zero-order valence-electron chi connectivity index (χ0n) is 18.0. The molecule has 0 aliphatic carbocycles. The van der Waals surface area contributed by atoms with E-state index < -0.39 is 0 Å². The molecule has 2 fully saturated rings. The molecule has 0 N–H and O–H groups in total. The Kier molecular flexibility index (Phi) is 5.75. The van der Waals surface area contributed by atoms with Crippen LogP contribution in [0.25, 0.3) is 0 Å². The number of rotatable bonds is 2. The van der Waals surface area contributed by atoms with Crippen molar-refractivity contribution in [3.8, 4) is 12.3 Å². The number of likely N-dealkylation sites (tertiary alicyclic amines) is 2. The molecule has 1 aromatic rings. The van der Waals surface area contributed by atoms with Gasteiger partial charge in [-0.15, -0.1) is 6.42 Å². The molecule has 162 valence electrons. The number of hydrogen-bond acceptors (Lipinski definition) is 4. The number of amides is 2. The van der Waals surface area contributed by atoms with Crippen molar-refractivity contribution in [1.82, 2.24) is 9.80 Å². The Balaban J connectivity index is 0.00000272. The molecule has 2 amide bonds. The van der Waals surface area contributed by atoms with E-state index in [4.69, 9.17) is 11.2 Å². The molecule has 3 aliphatic heterocycles. The Morgan fingerprint density at radius 2 is 1.93 bits per heavy atom. The number of carbonyl (C=O) groups is 2. The van der Waals surface area contributed by atoms with Gasteiger partial charge in [-0.3, -0.25) is 4.79 Å². The summed E-state index contributed by atoms with van der Waals surface area (Å²) >= 11 is 0. The van der Waals surface area contributed by atoms with Crippen molar-refractivity contribution in [3.05, 3.63) is 29.3 Å². The maximum absolute atomic E-state index is 12.2. The summed E-state index contributed by atoms with van der Waals surface area (Å²) in [4.78, 5) is 30.6. The Morgan fingerprint density at radius 1 is 1.23 bits per heavy atom. The van der Waals surface area contributed by atoms with Gasteiger partial charge in [-0.25, -0.2) is 4.79 Å². The van der Waals surface area contributed by atoms with E-state index in [-0.39, 0.29) is 25.4 Å². The molecule has 0 aromatic heterocycles. The third-order valence-electron chi connectivity index (χ3n) is 7.13. The van der Waals surface area contributed by atoms with Crippen molar-refractivity contribution in [2.45, 2.75) is 51.0 Å². The minimum atomic E-state index is -0.300. The topological polar surface area (TPSA) is 53.1 Å². The second kappa shape index (κ2) is 8.31. The number of benzene rings is 1. The molecule has 6 heteroatoms. The summed E-state index contributed by atoms with van der Waals surface area (Å²) in [7, 11) is 0. The maximum atomic E-state index is 12.2. The molecular weight excluding hydrogens is 378 g/mol. The molecule has 3 heterocycles. The normalized spacial score (nSPS) is 21.4. The number of terminal acetylenes is 1. The maximum Gasteiger partial charge on any atom is 0.410 e. The van der Waals surface area contributed by atoms with Crippen LogP contribution in [0, 0.1) is 19.3 Å². The highest BCUT2D eigenvalue weighted by molar-refractivity contribution is 5.94. The zero-order valence-corrected chi connectivity index (χ0v) is 18.0. The number of aryl methyl sites for hydroxylation is 1. The number of fused-ring (bicyclic) bond motifs is 2. The Bertz CT molecular complexity index is 865. The van der Waals surface area contributed by atoms with Crippen molar-refractivity contribution in [1.29, 1.82) is 0 Å². The molecule has 2 saturated heterocycles. The van der Waals surface area contributed by atoms with E-state index in [0.717, 1.165) is 64.1 Å². The number of anilines is 1. The van der Waals surface area contributed by atoms with E-state index in [1.807, 2.05) is 4.90 Å². The fourth-order valence-corrected chi connectivity index (χ4v) is 5.42. The number of piperidine rings is 2. The van der Waals surface area contributed by atoms with Crippen molar-refractivity contribution < 1.29 is 15.8 Å². The zero-order chi connectivity index (χ0) is 21.3. The molecule has 0 saturated carbocycles. The van der Waals surface area contributed by atoms with Crippen LogP contribution in [0.15, 0.2) is 18.2 Å². The van der Waals surface area contributed by atoms with Crippen LogP contribution in [0.4, 0.5) is 10.5 Å². The van der Waals surface area contributed by atoms with Gasteiger partial charge in [0.1, 0.15) is 0 Å². The number of ether oxygens (including phenoxy) is 1. The van der Waals surface area contributed by atoms with E-state index in [1.54, 1.807) is 11.8 Å². The lowest BCUT2D eigenvalue weighted by Crippen LogP contribution is -2.52. The monoisotopic (exact) mass is 411 g/mol. The minimum Gasteiger partial charge on any atom is -0.436 e. The van der Waals surface area contributed by atoms with Gasteiger partial charge in [0.15, 0.2) is 6.61 Å². The standard InChI is InChI=1S/C24H31N3O3.H2/c1-4-15-30-23(29)26-11-7-20(8-12-26)25-13-9-24(10-14-25)17-27(19(3)28)22-6-5-18(2)16-21(22)24;/h1,5-6,16,20H,7-15,17H2,2-3H3;1H. The van der Waals surface area contributed by atoms with Gasteiger partial charge in [0.05, 0.1) is 0 Å². The van der Waals surface area contributed by atoms with Gasteiger partial charge in [-0.1, -0.05) is 23.6 Å². The van der Waals surface area contributed by atoms with E-state index in [2.05, 4.69) is 35.9 Å². The van der Waals surface area contributed by atoms with Crippen molar-refractivity contribution in [3.63, 3.8) is 0 Å². The summed E-state index contributed by atoms with van der Waals surface area (Å²) in [5.74, 6) is 2.47. The van der Waals surface area contributed by atoms with Crippen molar-refractivity contribution >= 4 is 17.7 Å². The molecule has 1 spiro atoms. The minimum absolute atomic E-state index is 0. The average molecular weight is 412 g/mol. The SMILES string of the molecule is C#CCOC(=O)N1CCC(N2CCC3(CC2)CN(C(C)=O)c2ccc(C)cc23)CC1.[HH]. The highest BCUT2D eigenvalue weighted by Gasteiger charge is 2.46. The van der Waals surface area contributed by atoms with Crippen molar-refractivity contribution in [2.24, 2.45) is 0 Å². The molecule has 4 rings (SSSR count). The third kappa shape index (κ3) is 3.79. The van der Waals surface area contributed by atoms with Crippen LogP contribution in [0.3, 0.4) is 0 Å². The first-order valence-electron chi connectivity index (χ1n) is 10.9. The van der Waals surface area contributed by atoms with Crippen LogP contribution in [-0.2, 0) is 14.9 Å². The Hall–Kier alpha value is -2.52. The highest BCUT2D eigenvalue weighted by Crippen LogP contribution is 2.47. The second-order valence-corrected chi connectivity index (χ2v) is 8.92. The van der Waals surface area contributed by atoms with Crippen LogP contribution < -0.4 is 4.90 Å². The largest absolute Gasteiger partial charge is 0.436 e. The summed E-state index contributed by atoms with van der Waals surface area (Å²) in [6.07, 6.45) is 8.93. The van der Waals surface area contributed by atoms with Crippen LogP contribution in [0.5, 0.6) is 0 Å². The number of hydrogen-bond donors (Lipinski definition) is 0. The first-order chi connectivity index (χ1) is 14.4. The molecule has 30 heavy (non-hydrogen) atoms. The summed E-state index contributed by atoms with van der Waals surface area (Å²) in [6, 6.07) is 7.00. The van der Waals surface area contributed by atoms with E-state index in [0.29, 0.717) is 6.04 Å². The van der Waals surface area contributed by atoms with Crippen LogP contribution in [-0.4, -0.2) is 67.2 Å². The number of nitrogens with zero attached hydrogens (tertiary/aromatic N) is 3. The molecular formula is C24H33N3O3. The van der Waals surface area contributed by atoms with Crippen LogP contribution in [0.1, 0.15) is 45.2 Å². The van der Waals surface area contributed by atoms with Gasteiger partial charge in [0, 0.05) is 45.1 Å². The van der Waals surface area contributed by atoms with Crippen LogP contribution >= 0.6 is 0 Å². The lowest BCUT2D eigenvalue weighted by atomic mass is 9.73. The van der Waals surface area contributed by atoms with Gasteiger partial charge in [0.2, 0.25) is 5.91 Å². The van der Waals surface area contributed by atoms with Gasteiger partial charge >= 0.3 is 6.09 Å². The predicted molar refractivity (Wildman–Crippen MR) is 119 cm³/mol. The van der Waals surface area contributed by atoms with Crippen LogP contribution in [0.2, 0.25) is 0 Å². The summed E-state index contributed by atoms with van der Waals surface area (Å²) < 4.78 is 5.05. The smallest absolute Gasteiger partial charge is 0.410 e. The number of carbonyl (C=O) groups excluding carboxylic acids is 2. The summed E-state index contributed by atoms with van der Waals surface area (Å²) in [6.45, 7) is 8.13. The lowest BCUT2D eigenvalue weighted by molar-refractivity contribution is -0.116. The fourth-order valence-electron chi connectivity index (χ4n) is 5.42. The van der Waals surface area contributed by atoms with E-state index in [1.165, 1.54) is 11.1 Å². The molecule has 0 unspecified atom stereocenters. The second-order valence-electron chi connectivity index (χ2n) is 8.92. The molecule has 1 aromatic carbocycles. The van der Waals surface area contributed by atoms with Crippen molar-refractivity contribution in [2.75, 3.05) is 44.2 Å². The van der Waals surface area contributed by atoms with E-state index >= 15 is 0 Å². The van der Waals surface area contributed by atoms with E-state index in [9.17, 15) is 9.59 Å². The average Bonchev–Trinajstić information content (AvgIpc) is 3.06. The predicted octanol–water partition coefficient (Wildman–Crippen LogP) is 3.18. The summed E-state index contributed by atoms with van der Waals surface area (Å²) in [5.41, 5.74) is 3.78. The Labute approximate surface area is 180 Å². The first kappa shape index (κ1) is 20.7. The highest BCUT2D eigenvalue weighted by atomic mass is 16.6. The third-order valence-corrected chi connectivity index (χ3v) is 7.13. The summed E-state index contributed by atoms with van der Waals surface area (Å²) in [5, 5.41) is 0. The molecule has 0 radical (unpaired) electrons. The fraction of sp³-hybridized carbons (Fsp3) is 0.583. The van der Waals surface area contributed by atoms with Gasteiger partial charge in [-0.05, 0) is 57.3 Å². The Morgan fingerprint density at radius 3 is 2.57 bits per heavy atom.